The lowest BCUT2D eigenvalue weighted by Crippen LogP contribution is -2.52. The second-order valence-corrected chi connectivity index (χ2v) is 22.7. The third kappa shape index (κ3) is 12.5. The van der Waals surface area contributed by atoms with Gasteiger partial charge in [0.25, 0.3) is 5.91 Å². The van der Waals surface area contributed by atoms with Gasteiger partial charge in [-0.05, 0) is 93.1 Å². The van der Waals surface area contributed by atoms with Crippen LogP contribution in [0.25, 0.3) is 10.4 Å². The van der Waals surface area contributed by atoms with E-state index in [1.165, 1.54) is 24.8 Å². The molecule has 4 aromatic rings. The molecule has 406 valence electrons. The number of benzene rings is 3. The van der Waals surface area contributed by atoms with Crippen molar-refractivity contribution in [3.8, 4) is 22.3 Å². The van der Waals surface area contributed by atoms with E-state index in [1.54, 1.807) is 40.5 Å². The molecule has 3 aromatic carbocycles. The van der Waals surface area contributed by atoms with Crippen molar-refractivity contribution in [3.63, 3.8) is 0 Å². The number of β-amino-alcohol motifs (C(OH)–C–C–N with tert-alkyl or cyclic N) is 1. The number of nitrogens with zero attached hydrogens (tertiary/aromatic N) is 7. The molecule has 4 aliphatic rings. The van der Waals surface area contributed by atoms with Crippen LogP contribution in [-0.4, -0.2) is 144 Å². The number of hydrogen-bond acceptors (Lipinski definition) is 13. The maximum absolute atomic E-state index is 14.5. The van der Waals surface area contributed by atoms with Gasteiger partial charge in [-0.2, -0.15) is 18.4 Å². The molecule has 4 saturated heterocycles. The van der Waals surface area contributed by atoms with Crippen LogP contribution in [0.2, 0.25) is 0 Å². The van der Waals surface area contributed by atoms with Gasteiger partial charge in [0.2, 0.25) is 11.8 Å². The van der Waals surface area contributed by atoms with E-state index in [9.17, 15) is 42.7 Å². The van der Waals surface area contributed by atoms with Gasteiger partial charge >= 0.3 is 12.2 Å². The Hall–Kier alpha value is -6.21. The number of carbonyl (C=O) groups excluding carboxylic acids is 4. The monoisotopic (exact) mass is 1070 g/mol. The number of amides is 5. The summed E-state index contributed by atoms with van der Waals surface area (Å²) < 4.78 is 59.8. The van der Waals surface area contributed by atoms with E-state index in [0.717, 1.165) is 39.4 Å². The Balaban J connectivity index is 0.810. The minimum atomic E-state index is -4.87. The predicted molar refractivity (Wildman–Crippen MR) is 282 cm³/mol. The van der Waals surface area contributed by atoms with Gasteiger partial charge < -0.3 is 29.5 Å². The lowest BCUT2D eigenvalue weighted by atomic mass is 9.76. The molecule has 1 unspecified atom stereocenters. The number of rotatable bonds is 16. The highest BCUT2D eigenvalue weighted by Crippen LogP contribution is 2.41. The number of thiazole rings is 1. The van der Waals surface area contributed by atoms with Crippen LogP contribution in [0.4, 0.5) is 29.3 Å². The number of nitrogens with one attached hydrogen (secondary N) is 1. The summed E-state index contributed by atoms with van der Waals surface area (Å²) in [6.07, 6.45) is -5.47. The van der Waals surface area contributed by atoms with Gasteiger partial charge in [0.15, 0.2) is 0 Å². The molecule has 0 spiro atoms. The summed E-state index contributed by atoms with van der Waals surface area (Å²) in [5, 5.41) is 23.2. The van der Waals surface area contributed by atoms with Gasteiger partial charge in [-0.3, -0.25) is 29.1 Å². The first-order valence-electron chi connectivity index (χ1n) is 25.6. The van der Waals surface area contributed by atoms with E-state index >= 15 is 0 Å². The van der Waals surface area contributed by atoms with E-state index in [1.807, 2.05) is 64.4 Å². The van der Waals surface area contributed by atoms with Crippen LogP contribution in [0.3, 0.4) is 0 Å². The van der Waals surface area contributed by atoms with E-state index in [4.69, 9.17) is 14.2 Å². The van der Waals surface area contributed by atoms with E-state index in [0.29, 0.717) is 81.3 Å². The number of aryl methyl sites for hydroxylation is 1. The molecule has 6 atom stereocenters. The first-order chi connectivity index (χ1) is 35.9. The van der Waals surface area contributed by atoms with Crippen LogP contribution >= 0.6 is 11.3 Å². The van der Waals surface area contributed by atoms with Gasteiger partial charge in [0.1, 0.15) is 30.0 Å². The smallest absolute Gasteiger partial charge is 0.417 e. The van der Waals surface area contributed by atoms with Gasteiger partial charge in [0, 0.05) is 63.8 Å². The molecular formula is C56H67F3N8O8S. The number of aliphatic hydroxyl groups is 1. The van der Waals surface area contributed by atoms with Crippen LogP contribution in [0.15, 0.2) is 84.4 Å². The number of urea groups is 1. The quantitative estimate of drug-likeness (QED) is 0.0817. The van der Waals surface area contributed by atoms with Crippen molar-refractivity contribution in [3.05, 3.63) is 107 Å². The summed E-state index contributed by atoms with van der Waals surface area (Å²) >= 11 is 1.58. The van der Waals surface area contributed by atoms with E-state index < -0.39 is 58.3 Å². The number of aliphatic hydroxyl groups excluding tert-OH is 1. The molecule has 16 nitrogen and oxygen atoms in total. The normalized spacial score (nSPS) is 22.4. The van der Waals surface area contributed by atoms with Crippen molar-refractivity contribution in [2.45, 2.75) is 103 Å². The number of alkyl halides is 3. The number of ether oxygens (including phenoxy) is 3. The number of likely N-dealkylation sites (tertiary alicyclic amines) is 1. The fourth-order valence-electron chi connectivity index (χ4n) is 10.5. The Bertz CT molecular complexity index is 2830. The average molecular weight is 1070 g/mol. The highest BCUT2D eigenvalue weighted by Gasteiger charge is 2.53. The summed E-state index contributed by atoms with van der Waals surface area (Å²) in [5.74, 6) is -1.20. The van der Waals surface area contributed by atoms with Crippen LogP contribution in [-0.2, 0) is 30.0 Å². The van der Waals surface area contributed by atoms with Gasteiger partial charge in [-0.15, -0.1) is 11.3 Å². The first-order valence-corrected chi connectivity index (χ1v) is 26.5. The molecule has 8 rings (SSSR count). The Morgan fingerprint density at radius 1 is 0.974 bits per heavy atom. The zero-order valence-corrected chi connectivity index (χ0v) is 44.9. The van der Waals surface area contributed by atoms with Crippen molar-refractivity contribution >= 4 is 46.5 Å². The third-order valence-electron chi connectivity index (χ3n) is 14.7. The van der Waals surface area contributed by atoms with E-state index in [-0.39, 0.29) is 55.3 Å². The molecule has 0 bridgehead atoms. The van der Waals surface area contributed by atoms with Gasteiger partial charge in [-0.25, -0.2) is 14.7 Å². The molecule has 0 radical (unpaired) electrons. The standard InChI is InChI=1S/C56H67F3N8O8S/c1-34(23-47(54(4,5)6)51(70)65-28-42(68)25-48(65)50(69)62-35(2)37-9-11-38(12-10-37)49-36(3)61-33-76-49)27-63-19-21-73-44(29-63)30-64-20-22-74-45(31-64)32-75-43-17-15-40(16-18-43)67-53(72)66(52(71)55(67,7)8)41-14-13-39(26-60)46(24-41)56(57,58)59/h9-18,24,33,35,42,44-45,47-48,68H,1,19-23,25,27-32H2,2-8H3,(H,62,69)/t35-,42+,44?,45-,47+,48-/m0/s1. The first kappa shape index (κ1) is 56.0. The number of nitriles is 1. The van der Waals surface area contributed by atoms with Crippen LogP contribution in [0, 0.1) is 29.6 Å². The number of anilines is 2. The number of imide groups is 1. The fraction of sp³-hybridized carbons (Fsp3) is 0.500. The molecule has 5 amide bonds. The van der Waals surface area contributed by atoms with Crippen molar-refractivity contribution < 1.29 is 51.7 Å². The summed E-state index contributed by atoms with van der Waals surface area (Å²) in [6.45, 7) is 22.6. The van der Waals surface area contributed by atoms with Crippen LogP contribution in [0.1, 0.15) is 82.8 Å². The summed E-state index contributed by atoms with van der Waals surface area (Å²) in [5.41, 5.74) is 1.94. The lowest BCUT2D eigenvalue weighted by Gasteiger charge is -2.39. The fourth-order valence-corrected chi connectivity index (χ4v) is 11.4. The lowest BCUT2D eigenvalue weighted by molar-refractivity contribution is -0.144. The number of carbonyl (C=O) groups is 4. The Labute approximate surface area is 446 Å². The van der Waals surface area contributed by atoms with E-state index in [2.05, 4.69) is 26.7 Å². The topological polar surface area (TPSA) is 181 Å². The molecule has 4 aliphatic heterocycles. The zero-order valence-electron chi connectivity index (χ0n) is 44.1. The molecule has 76 heavy (non-hydrogen) atoms. The largest absolute Gasteiger partial charge is 0.491 e. The predicted octanol–water partition coefficient (Wildman–Crippen LogP) is 7.99. The molecule has 2 N–H and O–H groups in total. The second kappa shape index (κ2) is 22.8. The Morgan fingerprint density at radius 2 is 1.63 bits per heavy atom. The molecular weight excluding hydrogens is 1000 g/mol. The summed E-state index contributed by atoms with van der Waals surface area (Å²) in [7, 11) is 0. The molecule has 1 aromatic heterocycles. The van der Waals surface area contributed by atoms with Crippen LogP contribution < -0.4 is 19.9 Å². The zero-order chi connectivity index (χ0) is 54.9. The maximum atomic E-state index is 14.5. The minimum absolute atomic E-state index is 0.0806. The van der Waals surface area contributed by atoms with Crippen molar-refractivity contribution in [1.82, 2.24) is 25.0 Å². The number of aromatic nitrogens is 1. The number of hydrogen-bond donors (Lipinski definition) is 2. The SMILES string of the molecule is C=C(C[C@H](C(=O)N1C[C@H](O)C[C@H]1C(=O)N[C@@H](C)c1ccc(-c2scnc2C)cc1)C(C)(C)C)CN1CCOC(CN2CCO[C@H](COc3ccc(N4C(=O)N(c5ccc(C#N)c(C(F)(F)F)c5)C(=O)C4(C)C)cc3)C2)C1. The molecule has 20 heteroatoms. The highest BCUT2D eigenvalue weighted by atomic mass is 32.1. The summed E-state index contributed by atoms with van der Waals surface area (Å²) in [4.78, 5) is 69.2. The summed E-state index contributed by atoms with van der Waals surface area (Å²) in [6, 6.07) is 16.8. The van der Waals surface area contributed by atoms with Crippen LogP contribution in [0.5, 0.6) is 5.75 Å². The molecule has 4 fully saturated rings. The minimum Gasteiger partial charge on any atom is -0.491 e. The molecule has 5 heterocycles. The second-order valence-electron chi connectivity index (χ2n) is 21.8. The van der Waals surface area contributed by atoms with Crippen molar-refractivity contribution in [1.29, 1.82) is 5.26 Å². The third-order valence-corrected chi connectivity index (χ3v) is 15.7. The number of morpholine rings is 2. The Morgan fingerprint density at radius 3 is 2.28 bits per heavy atom. The maximum Gasteiger partial charge on any atom is 0.417 e. The highest BCUT2D eigenvalue weighted by molar-refractivity contribution is 7.13. The van der Waals surface area contributed by atoms with Crippen molar-refractivity contribution in [2.75, 3.05) is 75.4 Å². The van der Waals surface area contributed by atoms with Gasteiger partial charge in [-0.1, -0.05) is 57.2 Å². The average Bonchev–Trinajstić information content (AvgIpc) is 4.05. The van der Waals surface area contributed by atoms with Gasteiger partial charge in [0.05, 0.1) is 70.4 Å². The number of halogens is 3. The Kier molecular flexibility index (Phi) is 16.8. The van der Waals surface area contributed by atoms with Crippen molar-refractivity contribution in [2.24, 2.45) is 11.3 Å². The molecule has 0 saturated carbocycles. The molecule has 0 aliphatic carbocycles.